The molecule has 1 fully saturated rings. The van der Waals surface area contributed by atoms with Crippen molar-refractivity contribution >= 4 is 11.7 Å². The van der Waals surface area contributed by atoms with Crippen LogP contribution in [0.1, 0.15) is 5.56 Å². The van der Waals surface area contributed by atoms with Gasteiger partial charge >= 0.3 is 0 Å². The number of pyridine rings is 1. The van der Waals surface area contributed by atoms with Crippen LogP contribution in [0.3, 0.4) is 0 Å². The summed E-state index contributed by atoms with van der Waals surface area (Å²) in [6.45, 7) is 2.93. The fraction of sp³-hybridized carbons (Fsp3) is 0.238. The third-order valence-electron chi connectivity index (χ3n) is 4.73. The highest BCUT2D eigenvalue weighted by atomic mass is 16.2. The Morgan fingerprint density at radius 2 is 1.59 bits per heavy atom. The van der Waals surface area contributed by atoms with Crippen LogP contribution < -0.4 is 4.90 Å². The molecule has 4 rings (SSSR count). The Morgan fingerprint density at radius 1 is 0.815 bits per heavy atom. The number of carbonyl (C=O) groups is 1. The Balaban J connectivity index is 1.34. The fourth-order valence-electron chi connectivity index (χ4n) is 3.21. The lowest BCUT2D eigenvalue weighted by atomic mass is 10.1. The smallest absolute Gasteiger partial charge is 0.227 e. The molecule has 0 N–H and O–H groups in total. The van der Waals surface area contributed by atoms with Crippen LogP contribution in [0, 0.1) is 0 Å². The summed E-state index contributed by atoms with van der Waals surface area (Å²) in [5, 5.41) is 8.65. The van der Waals surface area contributed by atoms with Gasteiger partial charge in [0.05, 0.1) is 12.1 Å². The molecular formula is C21H21N5O. The highest BCUT2D eigenvalue weighted by molar-refractivity contribution is 5.79. The van der Waals surface area contributed by atoms with Crippen molar-refractivity contribution in [1.82, 2.24) is 20.1 Å². The van der Waals surface area contributed by atoms with Gasteiger partial charge in [-0.1, -0.05) is 36.4 Å². The van der Waals surface area contributed by atoms with Gasteiger partial charge in [-0.05, 0) is 29.8 Å². The number of aromatic nitrogens is 3. The number of anilines is 1. The SMILES string of the molecule is O=C(Cc1ccccc1)N1CCN(c2ccc(-c3ccccn3)nn2)CC1. The van der Waals surface area contributed by atoms with Crippen molar-refractivity contribution in [1.29, 1.82) is 0 Å². The van der Waals surface area contributed by atoms with Gasteiger partial charge in [0.25, 0.3) is 0 Å². The largest absolute Gasteiger partial charge is 0.352 e. The number of nitrogens with zero attached hydrogens (tertiary/aromatic N) is 5. The molecule has 1 amide bonds. The lowest BCUT2D eigenvalue weighted by molar-refractivity contribution is -0.130. The third kappa shape index (κ3) is 4.11. The molecule has 136 valence electrons. The molecule has 6 nitrogen and oxygen atoms in total. The molecule has 2 aromatic heterocycles. The maximum Gasteiger partial charge on any atom is 0.227 e. The van der Waals surface area contributed by atoms with Crippen molar-refractivity contribution in [2.24, 2.45) is 0 Å². The molecule has 0 saturated carbocycles. The van der Waals surface area contributed by atoms with Crippen molar-refractivity contribution < 1.29 is 4.79 Å². The lowest BCUT2D eigenvalue weighted by Crippen LogP contribution is -2.49. The second-order valence-electron chi connectivity index (χ2n) is 6.52. The van der Waals surface area contributed by atoms with Crippen LogP contribution in [0.25, 0.3) is 11.4 Å². The summed E-state index contributed by atoms with van der Waals surface area (Å²) in [6, 6.07) is 19.5. The minimum absolute atomic E-state index is 0.178. The molecule has 1 aliphatic rings. The molecule has 0 spiro atoms. The summed E-state index contributed by atoms with van der Waals surface area (Å²) in [5.41, 5.74) is 2.63. The van der Waals surface area contributed by atoms with E-state index in [1.54, 1.807) is 6.20 Å². The summed E-state index contributed by atoms with van der Waals surface area (Å²) in [7, 11) is 0. The average molecular weight is 359 g/mol. The first-order valence-electron chi connectivity index (χ1n) is 9.11. The maximum atomic E-state index is 12.5. The van der Waals surface area contributed by atoms with Gasteiger partial charge in [0, 0.05) is 32.4 Å². The maximum absolute atomic E-state index is 12.5. The van der Waals surface area contributed by atoms with Crippen LogP contribution >= 0.6 is 0 Å². The predicted molar refractivity (Wildman–Crippen MR) is 104 cm³/mol. The predicted octanol–water partition coefficient (Wildman–Crippen LogP) is 2.43. The Morgan fingerprint density at radius 3 is 2.26 bits per heavy atom. The van der Waals surface area contributed by atoms with Gasteiger partial charge in [-0.25, -0.2) is 0 Å². The number of piperazine rings is 1. The molecule has 0 radical (unpaired) electrons. The van der Waals surface area contributed by atoms with Gasteiger partial charge in [-0.3, -0.25) is 9.78 Å². The van der Waals surface area contributed by atoms with Gasteiger partial charge in [-0.15, -0.1) is 10.2 Å². The van der Waals surface area contributed by atoms with Crippen molar-refractivity contribution in [3.8, 4) is 11.4 Å². The molecule has 6 heteroatoms. The van der Waals surface area contributed by atoms with E-state index in [-0.39, 0.29) is 5.91 Å². The molecule has 1 aromatic carbocycles. The minimum atomic E-state index is 0.178. The number of hydrogen-bond acceptors (Lipinski definition) is 5. The second kappa shape index (κ2) is 7.95. The van der Waals surface area contributed by atoms with Gasteiger partial charge in [0.2, 0.25) is 5.91 Å². The Labute approximate surface area is 158 Å². The normalized spacial score (nSPS) is 14.2. The molecule has 1 saturated heterocycles. The molecule has 0 atom stereocenters. The number of amides is 1. The Kier molecular flexibility index (Phi) is 5.05. The zero-order valence-electron chi connectivity index (χ0n) is 15.0. The van der Waals surface area contributed by atoms with E-state index in [1.807, 2.05) is 65.6 Å². The number of benzene rings is 1. The van der Waals surface area contributed by atoms with Crippen LogP contribution in [0.5, 0.6) is 0 Å². The highest BCUT2D eigenvalue weighted by Crippen LogP contribution is 2.17. The van der Waals surface area contributed by atoms with Gasteiger partial charge in [0.1, 0.15) is 5.69 Å². The fourth-order valence-corrected chi connectivity index (χ4v) is 3.21. The van der Waals surface area contributed by atoms with Gasteiger partial charge in [0.15, 0.2) is 5.82 Å². The van der Waals surface area contributed by atoms with Crippen molar-refractivity contribution in [2.75, 3.05) is 31.1 Å². The first kappa shape index (κ1) is 17.1. The standard InChI is InChI=1S/C21H21N5O/c27-21(16-17-6-2-1-3-7-17)26-14-12-25(13-15-26)20-10-9-19(23-24-20)18-8-4-5-11-22-18/h1-11H,12-16H2. The van der Waals surface area contributed by atoms with E-state index < -0.39 is 0 Å². The minimum Gasteiger partial charge on any atom is -0.352 e. The molecule has 1 aliphatic heterocycles. The Hall–Kier alpha value is -3.28. The van der Waals surface area contributed by atoms with Gasteiger partial charge < -0.3 is 9.80 Å². The van der Waals surface area contributed by atoms with E-state index in [4.69, 9.17) is 0 Å². The zero-order valence-corrected chi connectivity index (χ0v) is 15.0. The molecule has 0 bridgehead atoms. The summed E-state index contributed by atoms with van der Waals surface area (Å²) in [6.07, 6.45) is 2.20. The molecule has 0 unspecified atom stereocenters. The molecule has 3 heterocycles. The zero-order chi connectivity index (χ0) is 18.5. The average Bonchev–Trinajstić information content (AvgIpc) is 2.75. The van der Waals surface area contributed by atoms with Crippen LogP contribution in [0.4, 0.5) is 5.82 Å². The summed E-state index contributed by atoms with van der Waals surface area (Å²) < 4.78 is 0. The van der Waals surface area contributed by atoms with Crippen LogP contribution in [0.15, 0.2) is 66.9 Å². The van der Waals surface area contributed by atoms with Crippen LogP contribution in [0.2, 0.25) is 0 Å². The third-order valence-corrected chi connectivity index (χ3v) is 4.73. The van der Waals surface area contributed by atoms with Crippen molar-refractivity contribution in [3.63, 3.8) is 0 Å². The van der Waals surface area contributed by atoms with Crippen molar-refractivity contribution in [2.45, 2.75) is 6.42 Å². The van der Waals surface area contributed by atoms with E-state index in [0.717, 1.165) is 35.9 Å². The van der Waals surface area contributed by atoms with E-state index in [1.165, 1.54) is 0 Å². The molecular weight excluding hydrogens is 338 g/mol. The second-order valence-corrected chi connectivity index (χ2v) is 6.52. The van der Waals surface area contributed by atoms with E-state index in [2.05, 4.69) is 20.1 Å². The monoisotopic (exact) mass is 359 g/mol. The van der Waals surface area contributed by atoms with E-state index >= 15 is 0 Å². The van der Waals surface area contributed by atoms with Crippen LogP contribution in [-0.4, -0.2) is 52.2 Å². The summed E-state index contributed by atoms with van der Waals surface area (Å²) >= 11 is 0. The van der Waals surface area contributed by atoms with E-state index in [0.29, 0.717) is 19.5 Å². The van der Waals surface area contributed by atoms with Gasteiger partial charge in [-0.2, -0.15) is 0 Å². The number of hydrogen-bond donors (Lipinski definition) is 0. The van der Waals surface area contributed by atoms with Crippen molar-refractivity contribution in [3.05, 3.63) is 72.4 Å². The highest BCUT2D eigenvalue weighted by Gasteiger charge is 2.22. The Bertz CT molecular complexity index is 875. The molecule has 27 heavy (non-hydrogen) atoms. The summed E-state index contributed by atoms with van der Waals surface area (Å²) in [5.74, 6) is 1.02. The molecule has 3 aromatic rings. The summed E-state index contributed by atoms with van der Waals surface area (Å²) in [4.78, 5) is 20.9. The number of carbonyl (C=O) groups excluding carboxylic acids is 1. The number of rotatable bonds is 4. The van der Waals surface area contributed by atoms with E-state index in [9.17, 15) is 4.79 Å². The van der Waals surface area contributed by atoms with Crippen LogP contribution in [-0.2, 0) is 11.2 Å². The quantitative estimate of drug-likeness (QED) is 0.716. The lowest BCUT2D eigenvalue weighted by Gasteiger charge is -2.35. The topological polar surface area (TPSA) is 62.2 Å². The first-order valence-corrected chi connectivity index (χ1v) is 9.11. The first-order chi connectivity index (χ1) is 13.3. The molecule has 0 aliphatic carbocycles.